The van der Waals surface area contributed by atoms with Crippen LogP contribution in [0.4, 0.5) is 0 Å². The SMILES string of the molecule is CCCC(NOCc1cc(Cc2ccccc2)ccc1C(=O)O)NC(=O)c1cc(Cc2ccccc2)ccc1C(=O)O. The molecular weight excluding hydrogens is 532 g/mol. The van der Waals surface area contributed by atoms with Gasteiger partial charge in [0.25, 0.3) is 5.91 Å². The predicted octanol–water partition coefficient (Wildman–Crippen LogP) is 5.84. The molecule has 0 radical (unpaired) electrons. The summed E-state index contributed by atoms with van der Waals surface area (Å²) in [5.41, 5.74) is 7.32. The average molecular weight is 567 g/mol. The van der Waals surface area contributed by atoms with Crippen LogP contribution < -0.4 is 10.8 Å². The molecule has 1 amide bonds. The monoisotopic (exact) mass is 566 g/mol. The van der Waals surface area contributed by atoms with Gasteiger partial charge in [-0.1, -0.05) is 92.2 Å². The van der Waals surface area contributed by atoms with Crippen molar-refractivity contribution in [1.82, 2.24) is 10.8 Å². The van der Waals surface area contributed by atoms with Crippen molar-refractivity contribution in [2.24, 2.45) is 0 Å². The van der Waals surface area contributed by atoms with E-state index in [1.54, 1.807) is 24.3 Å². The van der Waals surface area contributed by atoms with Gasteiger partial charge in [-0.05, 0) is 65.3 Å². The maximum atomic E-state index is 13.3. The number of hydrogen-bond donors (Lipinski definition) is 4. The molecule has 4 rings (SSSR count). The third kappa shape index (κ3) is 8.36. The standard InChI is InChI=1S/C34H34N2O6/c1-2-9-31(35-32(37)30-21-26(15-17-29(30)34(40)41)19-24-12-7-4-8-13-24)36-42-22-27-20-25(14-16-28(27)33(38)39)18-23-10-5-3-6-11-23/h3-8,10-17,20-21,31,36H,2,9,18-19,22H2,1H3,(H,35,37)(H,38,39)(H,40,41). The van der Waals surface area contributed by atoms with E-state index in [-0.39, 0.29) is 23.3 Å². The van der Waals surface area contributed by atoms with Gasteiger partial charge in [-0.3, -0.25) is 9.63 Å². The molecule has 0 heterocycles. The Morgan fingerprint density at radius 2 is 1.24 bits per heavy atom. The van der Waals surface area contributed by atoms with Crippen LogP contribution in [0.3, 0.4) is 0 Å². The van der Waals surface area contributed by atoms with E-state index < -0.39 is 24.0 Å². The van der Waals surface area contributed by atoms with E-state index in [4.69, 9.17) is 4.84 Å². The van der Waals surface area contributed by atoms with Crippen LogP contribution in [0.1, 0.15) is 78.7 Å². The van der Waals surface area contributed by atoms with Crippen LogP contribution in [-0.4, -0.2) is 34.2 Å². The number of amides is 1. The van der Waals surface area contributed by atoms with Gasteiger partial charge < -0.3 is 15.5 Å². The zero-order chi connectivity index (χ0) is 29.9. The summed E-state index contributed by atoms with van der Waals surface area (Å²) in [4.78, 5) is 42.8. The van der Waals surface area contributed by atoms with Crippen molar-refractivity contribution in [1.29, 1.82) is 0 Å². The van der Waals surface area contributed by atoms with Crippen molar-refractivity contribution < 1.29 is 29.4 Å². The Labute approximate surface area is 244 Å². The lowest BCUT2D eigenvalue weighted by Crippen LogP contribution is -2.45. The van der Waals surface area contributed by atoms with Crippen LogP contribution in [0.25, 0.3) is 0 Å². The van der Waals surface area contributed by atoms with E-state index in [1.807, 2.05) is 73.7 Å². The van der Waals surface area contributed by atoms with Crippen LogP contribution in [0.2, 0.25) is 0 Å². The summed E-state index contributed by atoms with van der Waals surface area (Å²) in [5.74, 6) is -2.80. The van der Waals surface area contributed by atoms with Crippen LogP contribution >= 0.6 is 0 Å². The zero-order valence-corrected chi connectivity index (χ0v) is 23.4. The molecule has 4 aromatic rings. The fourth-order valence-corrected chi connectivity index (χ4v) is 4.73. The molecule has 0 bridgehead atoms. The number of rotatable bonds is 14. The summed E-state index contributed by atoms with van der Waals surface area (Å²) < 4.78 is 0. The molecule has 0 saturated heterocycles. The summed E-state index contributed by atoms with van der Waals surface area (Å²) in [5, 5.41) is 22.2. The minimum Gasteiger partial charge on any atom is -0.478 e. The second-order valence-electron chi connectivity index (χ2n) is 10.0. The lowest BCUT2D eigenvalue weighted by atomic mass is 9.98. The molecular formula is C34H34N2O6. The number of carboxylic acid groups (broad SMARTS) is 2. The molecule has 0 aliphatic rings. The van der Waals surface area contributed by atoms with Crippen molar-refractivity contribution in [3.63, 3.8) is 0 Å². The highest BCUT2D eigenvalue weighted by molar-refractivity contribution is 6.05. The molecule has 0 aliphatic carbocycles. The lowest BCUT2D eigenvalue weighted by molar-refractivity contribution is -0.00614. The quantitative estimate of drug-likeness (QED) is 0.112. The predicted molar refractivity (Wildman–Crippen MR) is 159 cm³/mol. The Morgan fingerprint density at radius 1 is 0.690 bits per heavy atom. The minimum absolute atomic E-state index is 0.0483. The highest BCUT2D eigenvalue weighted by Gasteiger charge is 2.21. The van der Waals surface area contributed by atoms with E-state index in [0.717, 1.165) is 22.3 Å². The van der Waals surface area contributed by atoms with Crippen LogP contribution in [0.5, 0.6) is 0 Å². The molecule has 0 aromatic heterocycles. The molecule has 216 valence electrons. The van der Waals surface area contributed by atoms with E-state index in [9.17, 15) is 24.6 Å². The molecule has 0 spiro atoms. The molecule has 42 heavy (non-hydrogen) atoms. The van der Waals surface area contributed by atoms with Gasteiger partial charge in [-0.25, -0.2) is 9.59 Å². The van der Waals surface area contributed by atoms with Crippen LogP contribution in [-0.2, 0) is 24.3 Å². The van der Waals surface area contributed by atoms with Gasteiger partial charge in [-0.15, -0.1) is 0 Å². The van der Waals surface area contributed by atoms with Crippen molar-refractivity contribution in [3.05, 3.63) is 142 Å². The van der Waals surface area contributed by atoms with E-state index in [1.165, 1.54) is 6.07 Å². The highest BCUT2D eigenvalue weighted by Crippen LogP contribution is 2.18. The number of hydroxylamine groups is 1. The van der Waals surface area contributed by atoms with Crippen LogP contribution in [0, 0.1) is 0 Å². The van der Waals surface area contributed by atoms with Crippen molar-refractivity contribution >= 4 is 17.8 Å². The Balaban J connectivity index is 1.45. The first-order valence-corrected chi connectivity index (χ1v) is 13.8. The Morgan fingerprint density at radius 3 is 1.79 bits per heavy atom. The molecule has 4 N–H and O–H groups in total. The number of carbonyl (C=O) groups is 3. The molecule has 4 aromatic carbocycles. The topological polar surface area (TPSA) is 125 Å². The summed E-state index contributed by atoms with van der Waals surface area (Å²) in [6.07, 6.45) is 1.76. The first kappa shape index (κ1) is 30.2. The number of benzene rings is 4. The van der Waals surface area contributed by atoms with Gasteiger partial charge in [0.2, 0.25) is 0 Å². The summed E-state index contributed by atoms with van der Waals surface area (Å²) in [6, 6.07) is 29.5. The van der Waals surface area contributed by atoms with Crippen molar-refractivity contribution in [2.45, 2.75) is 45.4 Å². The fraction of sp³-hybridized carbons (Fsp3) is 0.206. The van der Waals surface area contributed by atoms with Gasteiger partial charge in [0, 0.05) is 0 Å². The lowest BCUT2D eigenvalue weighted by Gasteiger charge is -2.21. The molecule has 0 fully saturated rings. The van der Waals surface area contributed by atoms with Gasteiger partial charge >= 0.3 is 11.9 Å². The molecule has 1 unspecified atom stereocenters. The zero-order valence-electron chi connectivity index (χ0n) is 23.4. The molecule has 8 nitrogen and oxygen atoms in total. The highest BCUT2D eigenvalue weighted by atomic mass is 16.6. The summed E-state index contributed by atoms with van der Waals surface area (Å²) in [7, 11) is 0. The number of nitrogens with one attached hydrogen (secondary N) is 2. The third-order valence-electron chi connectivity index (χ3n) is 6.80. The second-order valence-corrected chi connectivity index (χ2v) is 10.0. The van der Waals surface area contributed by atoms with Gasteiger partial charge in [0.05, 0.1) is 23.3 Å². The van der Waals surface area contributed by atoms with Crippen molar-refractivity contribution in [2.75, 3.05) is 0 Å². The third-order valence-corrected chi connectivity index (χ3v) is 6.80. The molecule has 8 heteroatoms. The van der Waals surface area contributed by atoms with E-state index >= 15 is 0 Å². The Bertz CT molecular complexity index is 1520. The van der Waals surface area contributed by atoms with Crippen molar-refractivity contribution in [3.8, 4) is 0 Å². The van der Waals surface area contributed by atoms with Gasteiger partial charge in [-0.2, -0.15) is 5.48 Å². The smallest absolute Gasteiger partial charge is 0.336 e. The minimum atomic E-state index is -1.20. The Hall–Kier alpha value is -4.79. The van der Waals surface area contributed by atoms with Gasteiger partial charge in [0.1, 0.15) is 6.17 Å². The van der Waals surface area contributed by atoms with Gasteiger partial charge in [0.15, 0.2) is 0 Å². The molecule has 0 aliphatic heterocycles. The number of hydrogen-bond acceptors (Lipinski definition) is 5. The summed E-state index contributed by atoms with van der Waals surface area (Å²) in [6.45, 7) is 1.90. The average Bonchev–Trinajstić information content (AvgIpc) is 2.98. The number of carboxylic acids is 2. The largest absolute Gasteiger partial charge is 0.478 e. The summed E-state index contributed by atoms with van der Waals surface area (Å²) >= 11 is 0. The maximum Gasteiger partial charge on any atom is 0.336 e. The Kier molecular flexibility index (Phi) is 10.6. The van der Waals surface area contributed by atoms with E-state index in [2.05, 4.69) is 10.8 Å². The van der Waals surface area contributed by atoms with E-state index in [0.29, 0.717) is 31.2 Å². The fourth-order valence-electron chi connectivity index (χ4n) is 4.73. The molecule has 0 saturated carbocycles. The first-order valence-electron chi connectivity index (χ1n) is 13.8. The normalized spacial score (nSPS) is 11.5. The van der Waals surface area contributed by atoms with Crippen LogP contribution in [0.15, 0.2) is 97.1 Å². The number of carbonyl (C=O) groups excluding carboxylic acids is 1. The maximum absolute atomic E-state index is 13.3. The number of aromatic carboxylic acids is 2. The second kappa shape index (κ2) is 14.7. The first-order chi connectivity index (χ1) is 20.3. The molecule has 1 atom stereocenters.